The molecule has 0 aliphatic rings. The van der Waals surface area contributed by atoms with E-state index in [1.807, 2.05) is 21.1 Å². The Bertz CT molecular complexity index is 596. The van der Waals surface area contributed by atoms with Crippen molar-refractivity contribution in [3.05, 3.63) is 12.2 Å². The highest BCUT2D eigenvalue weighted by Gasteiger charge is 2.20. The quantitative estimate of drug-likeness (QED) is 0.0375. The maximum atomic E-state index is 12.1. The van der Waals surface area contributed by atoms with Crippen molar-refractivity contribution in [1.82, 2.24) is 0 Å². The van der Waals surface area contributed by atoms with Gasteiger partial charge in [0, 0.05) is 13.7 Å². The number of allylic oxidation sites excluding steroid dienone is 2. The van der Waals surface area contributed by atoms with E-state index in [1.165, 1.54) is 110 Å². The van der Waals surface area contributed by atoms with Crippen LogP contribution in [-0.2, 0) is 23.1 Å². The number of likely N-dealkylation sites (N-methyl/N-ethyl adjacent to an activating group) is 1. The van der Waals surface area contributed by atoms with Crippen LogP contribution in [0.25, 0.3) is 0 Å². The van der Waals surface area contributed by atoms with Crippen LogP contribution in [0.1, 0.15) is 122 Å². The number of phosphoric ester groups is 1. The van der Waals surface area contributed by atoms with Gasteiger partial charge in [0.1, 0.15) is 19.3 Å². The van der Waals surface area contributed by atoms with Crippen molar-refractivity contribution in [2.45, 2.75) is 129 Å². The molecule has 0 amide bonds. The van der Waals surface area contributed by atoms with E-state index in [0.717, 1.165) is 12.8 Å². The summed E-state index contributed by atoms with van der Waals surface area (Å²) in [5.74, 6) is 0. The third-order valence-corrected chi connectivity index (χ3v) is 7.80. The van der Waals surface area contributed by atoms with Crippen LogP contribution < -0.4 is 4.89 Å². The lowest BCUT2D eigenvalue weighted by molar-refractivity contribution is -0.870. The van der Waals surface area contributed by atoms with Gasteiger partial charge in [-0.2, -0.15) is 0 Å². The maximum Gasteiger partial charge on any atom is 0.268 e. The Labute approximate surface area is 242 Å². The molecule has 0 aliphatic carbocycles. The molecule has 0 N–H and O–H groups in total. The van der Waals surface area contributed by atoms with E-state index in [4.69, 9.17) is 18.5 Å². The van der Waals surface area contributed by atoms with Crippen LogP contribution in [0.4, 0.5) is 0 Å². The van der Waals surface area contributed by atoms with Crippen LogP contribution in [0.3, 0.4) is 0 Å². The topological polar surface area (TPSA) is 77.1 Å². The molecule has 0 bridgehead atoms. The van der Waals surface area contributed by atoms with Crippen LogP contribution in [-0.4, -0.2) is 71.8 Å². The standard InChI is InChI=1S/C31H64NO6P/c1-6-7-8-9-10-11-12-13-14-15-16-17-18-19-20-21-22-23-24-25-27-36-30-31(29-35-5)38-39(33,34)37-28-26-32(2,3)4/h16-17,31H,6-15,18-30H2,1-5H3/b17-16-/t31-/m0/s1. The fourth-order valence-corrected chi connectivity index (χ4v) is 5.16. The van der Waals surface area contributed by atoms with Crippen molar-refractivity contribution in [3.63, 3.8) is 0 Å². The molecule has 8 heteroatoms. The minimum absolute atomic E-state index is 0.0843. The predicted octanol–water partition coefficient (Wildman–Crippen LogP) is 7.82. The van der Waals surface area contributed by atoms with E-state index in [1.54, 1.807) is 0 Å². The molecule has 0 heterocycles. The molecule has 0 aromatic rings. The van der Waals surface area contributed by atoms with E-state index in [-0.39, 0.29) is 19.8 Å². The molecule has 2 atom stereocenters. The monoisotopic (exact) mass is 577 g/mol. The van der Waals surface area contributed by atoms with Crippen molar-refractivity contribution in [1.29, 1.82) is 0 Å². The number of methoxy groups -OCH3 is 1. The van der Waals surface area contributed by atoms with Crippen LogP contribution in [0.2, 0.25) is 0 Å². The molecule has 0 saturated carbocycles. The first-order valence-corrected chi connectivity index (χ1v) is 17.3. The Hall–Kier alpha value is -0.270. The molecule has 234 valence electrons. The lowest BCUT2D eigenvalue weighted by Gasteiger charge is -2.29. The number of rotatable bonds is 30. The van der Waals surface area contributed by atoms with Crippen LogP contribution in [0.5, 0.6) is 0 Å². The number of unbranched alkanes of at least 4 members (excludes halogenated alkanes) is 16. The second kappa shape index (κ2) is 26.6. The van der Waals surface area contributed by atoms with Crippen LogP contribution >= 0.6 is 7.82 Å². The SMILES string of the molecule is CCCCCCCCCCC/C=C\CCCCCCCCCOC[C@H](COC)OP(=O)([O-])OCC[N+](C)(C)C. The minimum Gasteiger partial charge on any atom is -0.756 e. The van der Waals surface area contributed by atoms with E-state index in [2.05, 4.69) is 19.1 Å². The second-order valence-electron chi connectivity index (χ2n) is 11.9. The Morgan fingerprint density at radius 2 is 1.21 bits per heavy atom. The van der Waals surface area contributed by atoms with Crippen LogP contribution in [0, 0.1) is 0 Å². The van der Waals surface area contributed by atoms with Gasteiger partial charge in [-0.05, 0) is 32.1 Å². The van der Waals surface area contributed by atoms with Gasteiger partial charge in [0.2, 0.25) is 0 Å². The molecule has 0 radical (unpaired) electrons. The van der Waals surface area contributed by atoms with E-state index in [0.29, 0.717) is 17.6 Å². The highest BCUT2D eigenvalue weighted by molar-refractivity contribution is 7.45. The molecular formula is C31H64NO6P. The van der Waals surface area contributed by atoms with Gasteiger partial charge in [-0.3, -0.25) is 4.57 Å². The van der Waals surface area contributed by atoms with Crippen molar-refractivity contribution >= 4 is 7.82 Å². The first-order chi connectivity index (χ1) is 18.7. The Balaban J connectivity index is 3.57. The number of ether oxygens (including phenoxy) is 2. The molecule has 0 fully saturated rings. The molecule has 7 nitrogen and oxygen atoms in total. The highest BCUT2D eigenvalue weighted by atomic mass is 31.2. The summed E-state index contributed by atoms with van der Waals surface area (Å²) in [4.78, 5) is 12.1. The second-order valence-corrected chi connectivity index (χ2v) is 13.3. The summed E-state index contributed by atoms with van der Waals surface area (Å²) in [6.45, 7) is 3.84. The molecular weight excluding hydrogens is 513 g/mol. The van der Waals surface area contributed by atoms with Crippen molar-refractivity contribution in [2.75, 3.05) is 61.2 Å². The van der Waals surface area contributed by atoms with Crippen molar-refractivity contribution in [2.24, 2.45) is 0 Å². The third kappa shape index (κ3) is 30.5. The summed E-state index contributed by atoms with van der Waals surface area (Å²) in [5, 5.41) is 0. The first-order valence-electron chi connectivity index (χ1n) is 15.9. The van der Waals surface area contributed by atoms with Gasteiger partial charge in [-0.1, -0.05) is 103 Å². The number of quaternary nitrogens is 1. The largest absolute Gasteiger partial charge is 0.756 e. The van der Waals surface area contributed by atoms with Gasteiger partial charge >= 0.3 is 0 Å². The molecule has 0 aromatic heterocycles. The van der Waals surface area contributed by atoms with Gasteiger partial charge in [0.25, 0.3) is 7.82 Å². The fourth-order valence-electron chi connectivity index (χ4n) is 4.31. The van der Waals surface area contributed by atoms with E-state index < -0.39 is 13.9 Å². The lowest BCUT2D eigenvalue weighted by atomic mass is 10.1. The Morgan fingerprint density at radius 3 is 1.69 bits per heavy atom. The van der Waals surface area contributed by atoms with Gasteiger partial charge in [-0.15, -0.1) is 0 Å². The Kier molecular flexibility index (Phi) is 26.4. The predicted molar refractivity (Wildman–Crippen MR) is 162 cm³/mol. The maximum absolute atomic E-state index is 12.1. The van der Waals surface area contributed by atoms with E-state index in [9.17, 15) is 9.46 Å². The summed E-state index contributed by atoms with van der Waals surface area (Å²) >= 11 is 0. The number of hydrogen-bond acceptors (Lipinski definition) is 6. The van der Waals surface area contributed by atoms with Gasteiger partial charge < -0.3 is 27.9 Å². The summed E-state index contributed by atoms with van der Waals surface area (Å²) in [7, 11) is 3.04. The van der Waals surface area contributed by atoms with Gasteiger partial charge in [0.05, 0.1) is 34.4 Å². The zero-order chi connectivity index (χ0) is 29.1. The highest BCUT2D eigenvalue weighted by Crippen LogP contribution is 2.39. The van der Waals surface area contributed by atoms with E-state index >= 15 is 0 Å². The average Bonchev–Trinajstić information content (AvgIpc) is 2.86. The molecule has 0 aliphatic heterocycles. The Morgan fingerprint density at radius 1 is 0.718 bits per heavy atom. The molecule has 0 saturated heterocycles. The minimum atomic E-state index is -4.39. The van der Waals surface area contributed by atoms with Crippen molar-refractivity contribution < 1.29 is 32.5 Å². The fraction of sp³-hybridized carbons (Fsp3) is 0.935. The van der Waals surface area contributed by atoms with Gasteiger partial charge in [-0.25, -0.2) is 0 Å². The van der Waals surface area contributed by atoms with Gasteiger partial charge in [0.15, 0.2) is 0 Å². The molecule has 1 unspecified atom stereocenters. The molecule has 0 rings (SSSR count). The molecule has 39 heavy (non-hydrogen) atoms. The van der Waals surface area contributed by atoms with Crippen molar-refractivity contribution in [3.8, 4) is 0 Å². The normalized spacial score (nSPS) is 14.7. The molecule has 0 spiro atoms. The number of phosphoric acid groups is 1. The summed E-state index contributed by atoms with van der Waals surface area (Å²) in [5.41, 5.74) is 0. The number of nitrogens with zero attached hydrogens (tertiary/aromatic N) is 1. The zero-order valence-electron chi connectivity index (χ0n) is 26.3. The number of hydrogen-bond donors (Lipinski definition) is 0. The summed E-state index contributed by atoms with van der Waals surface area (Å²) < 4.78 is 33.6. The third-order valence-electron chi connectivity index (χ3n) is 6.75. The summed E-state index contributed by atoms with van der Waals surface area (Å²) in [6.07, 6.45) is 27.6. The van der Waals surface area contributed by atoms with Crippen LogP contribution in [0.15, 0.2) is 12.2 Å². The zero-order valence-corrected chi connectivity index (χ0v) is 27.2. The first kappa shape index (κ1) is 38.7. The smallest absolute Gasteiger partial charge is 0.268 e. The summed E-state index contributed by atoms with van der Waals surface area (Å²) in [6, 6.07) is 0. The average molecular weight is 578 g/mol. The lowest BCUT2D eigenvalue weighted by Crippen LogP contribution is -2.38. The molecule has 0 aromatic carbocycles.